The fraction of sp³-hybridized carbons (Fsp3) is 0.417. The molecule has 1 saturated carbocycles. The molecule has 0 aromatic heterocycles. The van der Waals surface area contributed by atoms with Crippen LogP contribution in [0.2, 0.25) is 0 Å². The second-order valence-electron chi connectivity index (χ2n) is 4.40. The minimum atomic E-state index is -0.169. The van der Waals surface area contributed by atoms with Gasteiger partial charge >= 0.3 is 6.03 Å². The van der Waals surface area contributed by atoms with Crippen molar-refractivity contribution >= 4 is 17.4 Å². The van der Waals surface area contributed by atoms with Crippen LogP contribution in [0.25, 0.3) is 0 Å². The lowest BCUT2D eigenvalue weighted by Gasteiger charge is -2.11. The third-order valence-electron chi connectivity index (χ3n) is 2.83. The molecule has 0 unspecified atom stereocenters. The third kappa shape index (κ3) is 2.45. The van der Waals surface area contributed by atoms with Crippen LogP contribution in [0.1, 0.15) is 24.0 Å². The molecule has 4 nitrogen and oxygen atoms in total. The Morgan fingerprint density at radius 3 is 2.56 bits per heavy atom. The van der Waals surface area contributed by atoms with E-state index in [2.05, 4.69) is 10.6 Å². The quantitative estimate of drug-likeness (QED) is 0.667. The molecule has 86 valence electrons. The molecule has 4 N–H and O–H groups in total. The molecule has 0 radical (unpaired) electrons. The third-order valence-corrected chi connectivity index (χ3v) is 2.83. The van der Waals surface area contributed by atoms with E-state index in [0.29, 0.717) is 17.4 Å². The highest BCUT2D eigenvalue weighted by Gasteiger charge is 2.23. The van der Waals surface area contributed by atoms with E-state index in [1.807, 2.05) is 26.0 Å². The molecule has 0 saturated heterocycles. The zero-order valence-electron chi connectivity index (χ0n) is 9.63. The van der Waals surface area contributed by atoms with Crippen molar-refractivity contribution in [2.24, 2.45) is 0 Å². The highest BCUT2D eigenvalue weighted by molar-refractivity contribution is 5.93. The second kappa shape index (κ2) is 4.04. The van der Waals surface area contributed by atoms with Crippen LogP contribution < -0.4 is 16.4 Å². The first kappa shape index (κ1) is 10.8. The van der Waals surface area contributed by atoms with Gasteiger partial charge in [-0.3, -0.25) is 0 Å². The Labute approximate surface area is 95.2 Å². The number of benzene rings is 1. The number of nitrogens with two attached hydrogens (primary N) is 1. The van der Waals surface area contributed by atoms with Crippen LogP contribution >= 0.6 is 0 Å². The smallest absolute Gasteiger partial charge is 0.319 e. The number of nitrogen functional groups attached to an aromatic ring is 1. The van der Waals surface area contributed by atoms with Crippen LogP contribution in [0.4, 0.5) is 16.2 Å². The largest absolute Gasteiger partial charge is 0.397 e. The summed E-state index contributed by atoms with van der Waals surface area (Å²) < 4.78 is 0. The molecule has 0 atom stereocenters. The molecule has 0 bridgehead atoms. The van der Waals surface area contributed by atoms with E-state index in [1.165, 1.54) is 0 Å². The molecule has 16 heavy (non-hydrogen) atoms. The van der Waals surface area contributed by atoms with Gasteiger partial charge in [0, 0.05) is 6.04 Å². The molecule has 0 heterocycles. The van der Waals surface area contributed by atoms with Crippen molar-refractivity contribution in [1.29, 1.82) is 0 Å². The average Bonchev–Trinajstić information content (AvgIpc) is 2.98. The fourth-order valence-electron chi connectivity index (χ4n) is 1.52. The lowest BCUT2D eigenvalue weighted by Crippen LogP contribution is -2.30. The topological polar surface area (TPSA) is 67.1 Å². The highest BCUT2D eigenvalue weighted by Crippen LogP contribution is 2.23. The Balaban J connectivity index is 2.07. The maximum Gasteiger partial charge on any atom is 0.319 e. The maximum absolute atomic E-state index is 11.5. The molecule has 1 aliphatic carbocycles. The van der Waals surface area contributed by atoms with E-state index in [9.17, 15) is 4.79 Å². The average molecular weight is 219 g/mol. The molecule has 4 heteroatoms. The molecule has 1 aromatic rings. The first-order chi connectivity index (χ1) is 7.56. The van der Waals surface area contributed by atoms with Crippen LogP contribution in [0, 0.1) is 13.8 Å². The van der Waals surface area contributed by atoms with Crippen LogP contribution in [0.15, 0.2) is 12.1 Å². The van der Waals surface area contributed by atoms with Gasteiger partial charge in [0.25, 0.3) is 0 Å². The van der Waals surface area contributed by atoms with Gasteiger partial charge in [-0.15, -0.1) is 0 Å². The van der Waals surface area contributed by atoms with Gasteiger partial charge in [0.05, 0.1) is 11.4 Å². The summed E-state index contributed by atoms with van der Waals surface area (Å²) in [7, 11) is 0. The van der Waals surface area contributed by atoms with E-state index in [1.54, 1.807) is 0 Å². The number of hydrogen-bond acceptors (Lipinski definition) is 2. The molecular weight excluding hydrogens is 202 g/mol. The predicted octanol–water partition coefficient (Wildman–Crippen LogP) is 2.17. The van der Waals surface area contributed by atoms with Gasteiger partial charge in [-0.05, 0) is 49.9 Å². The summed E-state index contributed by atoms with van der Waals surface area (Å²) >= 11 is 0. The molecule has 1 aromatic carbocycles. The monoisotopic (exact) mass is 219 g/mol. The summed E-state index contributed by atoms with van der Waals surface area (Å²) in [5.74, 6) is 0. The van der Waals surface area contributed by atoms with Crippen molar-refractivity contribution < 1.29 is 4.79 Å². The Kier molecular flexibility index (Phi) is 2.73. The van der Waals surface area contributed by atoms with E-state index in [-0.39, 0.29) is 6.03 Å². The lowest BCUT2D eigenvalue weighted by molar-refractivity contribution is 0.251. The number of nitrogens with one attached hydrogen (secondary N) is 2. The van der Waals surface area contributed by atoms with E-state index in [4.69, 9.17) is 5.73 Å². The molecule has 0 spiro atoms. The maximum atomic E-state index is 11.5. The van der Waals surface area contributed by atoms with Crippen molar-refractivity contribution in [2.45, 2.75) is 32.7 Å². The van der Waals surface area contributed by atoms with Crippen molar-refractivity contribution in [3.05, 3.63) is 23.3 Å². The van der Waals surface area contributed by atoms with Crippen LogP contribution in [-0.4, -0.2) is 12.1 Å². The van der Waals surface area contributed by atoms with Crippen LogP contribution in [0.5, 0.6) is 0 Å². The van der Waals surface area contributed by atoms with Gasteiger partial charge in [0.1, 0.15) is 0 Å². The predicted molar refractivity (Wildman–Crippen MR) is 65.5 cm³/mol. The normalized spacial score (nSPS) is 14.6. The SMILES string of the molecule is Cc1cc(N)c(NC(=O)NC2CC2)cc1C. The van der Waals surface area contributed by atoms with E-state index >= 15 is 0 Å². The van der Waals surface area contributed by atoms with Crippen molar-refractivity contribution in [3.8, 4) is 0 Å². The Hall–Kier alpha value is -1.71. The summed E-state index contributed by atoms with van der Waals surface area (Å²) in [6.07, 6.45) is 2.16. The highest BCUT2D eigenvalue weighted by atomic mass is 16.2. The van der Waals surface area contributed by atoms with Crippen LogP contribution in [0.3, 0.4) is 0 Å². The number of rotatable bonds is 2. The lowest BCUT2D eigenvalue weighted by atomic mass is 10.1. The number of amides is 2. The second-order valence-corrected chi connectivity index (χ2v) is 4.40. The number of urea groups is 1. The number of carbonyl (C=O) groups excluding carboxylic acids is 1. The van der Waals surface area contributed by atoms with Gasteiger partial charge < -0.3 is 16.4 Å². The summed E-state index contributed by atoms with van der Waals surface area (Å²) in [5.41, 5.74) is 9.38. The Morgan fingerprint density at radius 1 is 1.31 bits per heavy atom. The van der Waals surface area contributed by atoms with E-state index in [0.717, 1.165) is 24.0 Å². The van der Waals surface area contributed by atoms with Gasteiger partial charge in [-0.25, -0.2) is 4.79 Å². The standard InChI is InChI=1S/C12H17N3O/c1-7-5-10(13)11(6-8(7)2)15-12(16)14-9-3-4-9/h5-6,9H,3-4,13H2,1-2H3,(H2,14,15,16). The number of anilines is 2. The van der Waals surface area contributed by atoms with Gasteiger partial charge in [0.2, 0.25) is 0 Å². The zero-order chi connectivity index (χ0) is 11.7. The minimum Gasteiger partial charge on any atom is -0.397 e. The van der Waals surface area contributed by atoms with Crippen molar-refractivity contribution in [2.75, 3.05) is 11.1 Å². The minimum absolute atomic E-state index is 0.169. The Bertz CT molecular complexity index is 425. The molecule has 2 amide bonds. The first-order valence-electron chi connectivity index (χ1n) is 5.50. The number of hydrogen-bond donors (Lipinski definition) is 3. The fourth-order valence-corrected chi connectivity index (χ4v) is 1.52. The summed E-state index contributed by atoms with van der Waals surface area (Å²) in [6, 6.07) is 3.96. The molecular formula is C12H17N3O. The molecule has 0 aliphatic heterocycles. The van der Waals surface area contributed by atoms with Gasteiger partial charge in [-0.2, -0.15) is 0 Å². The van der Waals surface area contributed by atoms with Crippen LogP contribution in [-0.2, 0) is 0 Å². The Morgan fingerprint density at radius 2 is 1.94 bits per heavy atom. The van der Waals surface area contributed by atoms with Gasteiger partial charge in [-0.1, -0.05) is 0 Å². The van der Waals surface area contributed by atoms with E-state index < -0.39 is 0 Å². The zero-order valence-corrected chi connectivity index (χ0v) is 9.63. The number of aryl methyl sites for hydroxylation is 2. The molecule has 2 rings (SSSR count). The summed E-state index contributed by atoms with van der Waals surface area (Å²) in [5, 5.41) is 5.63. The van der Waals surface area contributed by atoms with Crippen molar-refractivity contribution in [3.63, 3.8) is 0 Å². The van der Waals surface area contributed by atoms with Crippen molar-refractivity contribution in [1.82, 2.24) is 5.32 Å². The molecule has 1 aliphatic rings. The summed E-state index contributed by atoms with van der Waals surface area (Å²) in [4.78, 5) is 11.5. The number of carbonyl (C=O) groups is 1. The molecule has 1 fully saturated rings. The van der Waals surface area contributed by atoms with Gasteiger partial charge in [0.15, 0.2) is 0 Å². The summed E-state index contributed by atoms with van der Waals surface area (Å²) in [6.45, 7) is 4.00. The first-order valence-corrected chi connectivity index (χ1v) is 5.50.